The van der Waals surface area contributed by atoms with Gasteiger partial charge in [-0.2, -0.15) is 0 Å². The van der Waals surface area contributed by atoms with Crippen molar-refractivity contribution in [2.24, 2.45) is 5.92 Å². The highest BCUT2D eigenvalue weighted by atomic mass is 16.5. The molecule has 6 heteroatoms. The van der Waals surface area contributed by atoms with Gasteiger partial charge in [-0.05, 0) is 54.5 Å². The van der Waals surface area contributed by atoms with Crippen LogP contribution in [0.4, 0.5) is 0 Å². The first kappa shape index (κ1) is 19.3. The quantitative estimate of drug-likeness (QED) is 0.603. The predicted molar refractivity (Wildman–Crippen MR) is 112 cm³/mol. The molecular weight excluding hydrogens is 366 g/mol. The average molecular weight is 393 g/mol. The SMILES string of the molecule is COc1ccc(C(CC(=O)NCCc2ncc3ccccn23)C2CC2)cc1OC. The molecule has 6 nitrogen and oxygen atoms in total. The van der Waals surface area contributed by atoms with Crippen LogP contribution in [0.15, 0.2) is 48.8 Å². The fraction of sp³-hybridized carbons (Fsp3) is 0.391. The van der Waals surface area contributed by atoms with Crippen molar-refractivity contribution in [1.29, 1.82) is 0 Å². The monoisotopic (exact) mass is 393 g/mol. The maximum Gasteiger partial charge on any atom is 0.220 e. The topological polar surface area (TPSA) is 64.9 Å². The Balaban J connectivity index is 1.37. The number of fused-ring (bicyclic) bond motifs is 1. The summed E-state index contributed by atoms with van der Waals surface area (Å²) in [6, 6.07) is 12.0. The molecule has 0 bridgehead atoms. The van der Waals surface area contributed by atoms with Crippen LogP contribution in [-0.2, 0) is 11.2 Å². The molecule has 0 radical (unpaired) electrons. The summed E-state index contributed by atoms with van der Waals surface area (Å²) in [6.45, 7) is 0.580. The number of imidazole rings is 1. The second kappa shape index (κ2) is 8.55. The Bertz CT molecular complexity index is 994. The normalized spacial score (nSPS) is 14.6. The highest BCUT2D eigenvalue weighted by molar-refractivity contribution is 5.77. The van der Waals surface area contributed by atoms with Gasteiger partial charge >= 0.3 is 0 Å². The molecule has 152 valence electrons. The minimum Gasteiger partial charge on any atom is -0.493 e. The van der Waals surface area contributed by atoms with Gasteiger partial charge in [-0.15, -0.1) is 0 Å². The molecule has 29 heavy (non-hydrogen) atoms. The molecule has 1 aliphatic rings. The van der Waals surface area contributed by atoms with E-state index in [0.717, 1.165) is 16.9 Å². The summed E-state index contributed by atoms with van der Waals surface area (Å²) in [7, 11) is 3.27. The lowest BCUT2D eigenvalue weighted by molar-refractivity contribution is -0.121. The Kier molecular flexibility index (Phi) is 5.69. The molecule has 1 unspecified atom stereocenters. The molecule has 1 aliphatic carbocycles. The van der Waals surface area contributed by atoms with E-state index in [1.165, 1.54) is 12.8 Å². The number of aromatic nitrogens is 2. The molecule has 1 amide bonds. The fourth-order valence-electron chi connectivity index (χ4n) is 3.91. The van der Waals surface area contributed by atoms with Crippen molar-refractivity contribution < 1.29 is 14.3 Å². The Labute approximate surface area is 170 Å². The Morgan fingerprint density at radius 1 is 1.21 bits per heavy atom. The summed E-state index contributed by atoms with van der Waals surface area (Å²) >= 11 is 0. The molecule has 1 aromatic carbocycles. The number of amides is 1. The van der Waals surface area contributed by atoms with E-state index < -0.39 is 0 Å². The van der Waals surface area contributed by atoms with Crippen LogP contribution in [0.2, 0.25) is 0 Å². The third-order valence-electron chi connectivity index (χ3n) is 5.62. The van der Waals surface area contributed by atoms with Crippen LogP contribution in [0, 0.1) is 5.92 Å². The number of carbonyl (C=O) groups is 1. The molecule has 4 rings (SSSR count). The van der Waals surface area contributed by atoms with E-state index in [1.54, 1.807) is 14.2 Å². The van der Waals surface area contributed by atoms with Crippen LogP contribution in [0.1, 0.15) is 36.6 Å². The first-order chi connectivity index (χ1) is 14.2. The van der Waals surface area contributed by atoms with Gasteiger partial charge in [0.1, 0.15) is 5.82 Å². The molecule has 0 saturated heterocycles. The standard InChI is InChI=1S/C23H27N3O3/c1-28-20-9-8-17(13-21(20)29-2)19(16-6-7-16)14-23(27)24-11-10-22-25-15-18-5-3-4-12-26(18)22/h3-5,8-9,12-13,15-16,19H,6-7,10-11,14H2,1-2H3,(H,24,27). The zero-order chi connectivity index (χ0) is 20.2. The van der Waals surface area contributed by atoms with Gasteiger partial charge in [0.15, 0.2) is 11.5 Å². The number of carbonyl (C=O) groups excluding carboxylic acids is 1. The molecule has 1 atom stereocenters. The number of hydrogen-bond donors (Lipinski definition) is 1. The third kappa shape index (κ3) is 4.36. The van der Waals surface area contributed by atoms with Crippen molar-refractivity contribution in [1.82, 2.24) is 14.7 Å². The van der Waals surface area contributed by atoms with Gasteiger partial charge in [0.05, 0.1) is 25.9 Å². The van der Waals surface area contributed by atoms with Crippen LogP contribution < -0.4 is 14.8 Å². The molecule has 1 fully saturated rings. The summed E-state index contributed by atoms with van der Waals surface area (Å²) in [4.78, 5) is 17.1. The second-order valence-electron chi connectivity index (χ2n) is 7.53. The van der Waals surface area contributed by atoms with Crippen molar-refractivity contribution in [2.75, 3.05) is 20.8 Å². The second-order valence-corrected chi connectivity index (χ2v) is 7.53. The van der Waals surface area contributed by atoms with E-state index >= 15 is 0 Å². The van der Waals surface area contributed by atoms with E-state index in [4.69, 9.17) is 9.47 Å². The van der Waals surface area contributed by atoms with E-state index in [0.29, 0.717) is 36.8 Å². The predicted octanol–water partition coefficient (Wildman–Crippen LogP) is 3.59. The van der Waals surface area contributed by atoms with Crippen molar-refractivity contribution in [2.45, 2.75) is 31.6 Å². The zero-order valence-corrected chi connectivity index (χ0v) is 16.9. The lowest BCUT2D eigenvalue weighted by Gasteiger charge is -2.18. The van der Waals surface area contributed by atoms with Crippen molar-refractivity contribution >= 4 is 11.4 Å². The number of benzene rings is 1. The first-order valence-corrected chi connectivity index (χ1v) is 10.1. The third-order valence-corrected chi connectivity index (χ3v) is 5.62. The summed E-state index contributed by atoms with van der Waals surface area (Å²) in [6.07, 6.45) is 7.40. The van der Waals surface area contributed by atoms with Crippen LogP contribution in [0.3, 0.4) is 0 Å². The van der Waals surface area contributed by atoms with Gasteiger partial charge in [0, 0.05) is 25.6 Å². The van der Waals surface area contributed by atoms with Gasteiger partial charge < -0.3 is 19.2 Å². The largest absolute Gasteiger partial charge is 0.493 e. The van der Waals surface area contributed by atoms with Crippen molar-refractivity contribution in [3.8, 4) is 11.5 Å². The van der Waals surface area contributed by atoms with E-state index in [1.807, 2.05) is 48.8 Å². The molecule has 2 aromatic heterocycles. The number of hydrogen-bond acceptors (Lipinski definition) is 4. The number of pyridine rings is 1. The highest BCUT2D eigenvalue weighted by Crippen LogP contribution is 2.46. The summed E-state index contributed by atoms with van der Waals surface area (Å²) in [5.41, 5.74) is 2.20. The Morgan fingerprint density at radius 2 is 2.03 bits per heavy atom. The smallest absolute Gasteiger partial charge is 0.220 e. The molecule has 2 heterocycles. The van der Waals surface area contributed by atoms with Gasteiger partial charge in [-0.25, -0.2) is 4.98 Å². The number of nitrogens with zero attached hydrogens (tertiary/aromatic N) is 2. The number of methoxy groups -OCH3 is 2. The Morgan fingerprint density at radius 3 is 2.79 bits per heavy atom. The average Bonchev–Trinajstić information content (AvgIpc) is 3.52. The maximum atomic E-state index is 12.6. The number of ether oxygens (including phenoxy) is 2. The minimum absolute atomic E-state index is 0.0811. The van der Waals surface area contributed by atoms with Crippen molar-refractivity contribution in [3.63, 3.8) is 0 Å². The maximum absolute atomic E-state index is 12.6. The highest BCUT2D eigenvalue weighted by Gasteiger charge is 2.34. The van der Waals surface area contributed by atoms with Crippen LogP contribution >= 0.6 is 0 Å². The summed E-state index contributed by atoms with van der Waals surface area (Å²) in [5, 5.41) is 3.07. The molecular formula is C23H27N3O3. The van der Waals surface area contributed by atoms with Crippen LogP contribution in [-0.4, -0.2) is 36.1 Å². The summed E-state index contributed by atoms with van der Waals surface area (Å²) in [5.74, 6) is 3.23. The first-order valence-electron chi connectivity index (χ1n) is 10.1. The zero-order valence-electron chi connectivity index (χ0n) is 16.9. The van der Waals surface area contributed by atoms with Crippen LogP contribution in [0.5, 0.6) is 11.5 Å². The number of rotatable bonds is 9. The molecule has 0 aliphatic heterocycles. The van der Waals surface area contributed by atoms with E-state index in [-0.39, 0.29) is 11.8 Å². The molecule has 3 aromatic rings. The minimum atomic E-state index is 0.0811. The van der Waals surface area contributed by atoms with Gasteiger partial charge in [-0.1, -0.05) is 12.1 Å². The van der Waals surface area contributed by atoms with Gasteiger partial charge in [-0.3, -0.25) is 4.79 Å². The van der Waals surface area contributed by atoms with E-state index in [2.05, 4.69) is 14.7 Å². The number of nitrogens with one attached hydrogen (secondary N) is 1. The van der Waals surface area contributed by atoms with Crippen LogP contribution in [0.25, 0.3) is 5.52 Å². The van der Waals surface area contributed by atoms with Crippen molar-refractivity contribution in [3.05, 3.63) is 60.2 Å². The molecule has 0 spiro atoms. The lowest BCUT2D eigenvalue weighted by Crippen LogP contribution is -2.28. The molecule has 1 N–H and O–H groups in total. The van der Waals surface area contributed by atoms with Gasteiger partial charge in [0.2, 0.25) is 5.91 Å². The summed E-state index contributed by atoms with van der Waals surface area (Å²) < 4.78 is 12.8. The Hall–Kier alpha value is -3.02. The van der Waals surface area contributed by atoms with Gasteiger partial charge in [0.25, 0.3) is 0 Å². The van der Waals surface area contributed by atoms with E-state index in [9.17, 15) is 4.79 Å². The fourth-order valence-corrected chi connectivity index (χ4v) is 3.91. The molecule has 1 saturated carbocycles. The lowest BCUT2D eigenvalue weighted by atomic mass is 9.90.